The average molecular weight is 316 g/mol. The van der Waals surface area contributed by atoms with Gasteiger partial charge in [0.25, 0.3) is 5.56 Å². The van der Waals surface area contributed by atoms with E-state index in [0.717, 1.165) is 39.3 Å². The minimum absolute atomic E-state index is 0.137. The minimum atomic E-state index is -0.364. The standard InChI is InChI=1S/C13H22ClN5O2/c1-17(6-7-18-4-2-15-3-5-18)11-10-16-19(8-9-20)13(21)12(11)14/h10,15,20H,2-9H2,1H3. The molecule has 1 aliphatic rings. The van der Waals surface area contributed by atoms with Crippen LogP contribution in [0.25, 0.3) is 0 Å². The number of aliphatic hydroxyl groups excluding tert-OH is 1. The minimum Gasteiger partial charge on any atom is -0.394 e. The van der Waals surface area contributed by atoms with E-state index in [0.29, 0.717) is 5.69 Å². The highest BCUT2D eigenvalue weighted by atomic mass is 35.5. The molecule has 0 radical (unpaired) electrons. The van der Waals surface area contributed by atoms with E-state index in [-0.39, 0.29) is 23.7 Å². The number of aromatic nitrogens is 2. The van der Waals surface area contributed by atoms with Gasteiger partial charge in [-0.2, -0.15) is 5.10 Å². The largest absolute Gasteiger partial charge is 0.394 e. The van der Waals surface area contributed by atoms with E-state index in [4.69, 9.17) is 16.7 Å². The second kappa shape index (κ2) is 7.74. The van der Waals surface area contributed by atoms with E-state index in [2.05, 4.69) is 15.3 Å². The van der Waals surface area contributed by atoms with Crippen molar-refractivity contribution >= 4 is 17.3 Å². The van der Waals surface area contributed by atoms with E-state index >= 15 is 0 Å². The Morgan fingerprint density at radius 3 is 2.81 bits per heavy atom. The van der Waals surface area contributed by atoms with Crippen LogP contribution in [0.15, 0.2) is 11.0 Å². The fourth-order valence-electron chi connectivity index (χ4n) is 2.32. The molecule has 118 valence electrons. The van der Waals surface area contributed by atoms with Crippen LogP contribution in [0.2, 0.25) is 5.02 Å². The molecule has 0 aliphatic carbocycles. The molecule has 21 heavy (non-hydrogen) atoms. The van der Waals surface area contributed by atoms with Gasteiger partial charge in [0, 0.05) is 46.3 Å². The van der Waals surface area contributed by atoms with Gasteiger partial charge in [0.15, 0.2) is 0 Å². The number of anilines is 1. The summed E-state index contributed by atoms with van der Waals surface area (Å²) in [5.41, 5.74) is 0.267. The van der Waals surface area contributed by atoms with Gasteiger partial charge in [0.2, 0.25) is 0 Å². The van der Waals surface area contributed by atoms with Crippen molar-refractivity contribution in [2.75, 3.05) is 57.8 Å². The molecule has 8 heteroatoms. The lowest BCUT2D eigenvalue weighted by atomic mass is 10.3. The Hall–Kier alpha value is -1.15. The van der Waals surface area contributed by atoms with E-state index in [1.54, 1.807) is 6.20 Å². The normalized spacial score (nSPS) is 16.1. The van der Waals surface area contributed by atoms with Gasteiger partial charge in [-0.15, -0.1) is 0 Å². The number of nitrogens with one attached hydrogen (secondary N) is 1. The number of piperazine rings is 1. The van der Waals surface area contributed by atoms with Crippen LogP contribution in [0.3, 0.4) is 0 Å². The highest BCUT2D eigenvalue weighted by Crippen LogP contribution is 2.19. The van der Waals surface area contributed by atoms with Gasteiger partial charge in [-0.1, -0.05) is 11.6 Å². The third-order valence-corrected chi connectivity index (χ3v) is 4.01. The molecule has 1 aromatic heterocycles. The van der Waals surface area contributed by atoms with E-state index in [1.165, 1.54) is 4.68 Å². The molecule has 2 rings (SSSR count). The molecule has 1 aliphatic heterocycles. The van der Waals surface area contributed by atoms with Gasteiger partial charge in [0.05, 0.1) is 25.0 Å². The van der Waals surface area contributed by atoms with Crippen LogP contribution >= 0.6 is 11.6 Å². The summed E-state index contributed by atoms with van der Waals surface area (Å²) in [5.74, 6) is 0. The predicted molar refractivity (Wildman–Crippen MR) is 83.2 cm³/mol. The molecule has 0 bridgehead atoms. The Morgan fingerprint density at radius 2 is 2.14 bits per heavy atom. The van der Waals surface area contributed by atoms with Crippen LogP contribution in [0.1, 0.15) is 0 Å². The zero-order valence-electron chi connectivity index (χ0n) is 12.3. The summed E-state index contributed by atoms with van der Waals surface area (Å²) in [5, 5.41) is 16.4. The summed E-state index contributed by atoms with van der Waals surface area (Å²) < 4.78 is 1.18. The molecule has 1 fully saturated rings. The summed E-state index contributed by atoms with van der Waals surface area (Å²) >= 11 is 6.13. The van der Waals surface area contributed by atoms with Crippen LogP contribution in [0.4, 0.5) is 5.69 Å². The Bertz CT molecular complexity index is 516. The first kappa shape index (κ1) is 16.2. The van der Waals surface area contributed by atoms with Gasteiger partial charge in [-0.25, -0.2) is 4.68 Å². The second-order valence-electron chi connectivity index (χ2n) is 5.11. The van der Waals surface area contributed by atoms with E-state index in [1.807, 2.05) is 11.9 Å². The SMILES string of the molecule is CN(CCN1CCNCC1)c1cnn(CCO)c(=O)c1Cl. The quantitative estimate of drug-likeness (QED) is 0.718. The summed E-state index contributed by atoms with van der Waals surface area (Å²) in [6.07, 6.45) is 1.58. The highest BCUT2D eigenvalue weighted by Gasteiger charge is 2.15. The summed E-state index contributed by atoms with van der Waals surface area (Å²) in [6.45, 7) is 5.84. The lowest BCUT2D eigenvalue weighted by Crippen LogP contribution is -2.46. The van der Waals surface area contributed by atoms with Crippen molar-refractivity contribution in [3.05, 3.63) is 21.6 Å². The third kappa shape index (κ3) is 4.16. The van der Waals surface area contributed by atoms with Crippen molar-refractivity contribution in [2.24, 2.45) is 0 Å². The summed E-state index contributed by atoms with van der Waals surface area (Å²) in [7, 11) is 1.90. The maximum atomic E-state index is 12.0. The summed E-state index contributed by atoms with van der Waals surface area (Å²) in [4.78, 5) is 16.3. The maximum Gasteiger partial charge on any atom is 0.287 e. The molecule has 0 atom stereocenters. The molecule has 0 aromatic carbocycles. The molecular formula is C13H22ClN5O2. The molecule has 0 saturated carbocycles. The van der Waals surface area contributed by atoms with Crippen LogP contribution in [0.5, 0.6) is 0 Å². The summed E-state index contributed by atoms with van der Waals surface area (Å²) in [6, 6.07) is 0. The van der Waals surface area contributed by atoms with Crippen molar-refractivity contribution in [3.8, 4) is 0 Å². The zero-order valence-corrected chi connectivity index (χ0v) is 13.0. The maximum absolute atomic E-state index is 12.0. The van der Waals surface area contributed by atoms with Crippen LogP contribution in [-0.4, -0.2) is 72.7 Å². The predicted octanol–water partition coefficient (Wildman–Crippen LogP) is -0.770. The van der Waals surface area contributed by atoms with Crippen molar-refractivity contribution in [3.63, 3.8) is 0 Å². The average Bonchev–Trinajstić information content (AvgIpc) is 2.51. The molecule has 2 N–H and O–H groups in total. The number of likely N-dealkylation sites (N-methyl/N-ethyl adjacent to an activating group) is 1. The molecule has 2 heterocycles. The second-order valence-corrected chi connectivity index (χ2v) is 5.49. The van der Waals surface area contributed by atoms with Crippen LogP contribution in [-0.2, 0) is 6.54 Å². The molecule has 0 unspecified atom stereocenters. The van der Waals surface area contributed by atoms with Gasteiger partial charge in [-0.05, 0) is 0 Å². The van der Waals surface area contributed by atoms with Crippen molar-refractivity contribution in [1.82, 2.24) is 20.0 Å². The smallest absolute Gasteiger partial charge is 0.287 e. The lowest BCUT2D eigenvalue weighted by Gasteiger charge is -2.29. The van der Waals surface area contributed by atoms with E-state index in [9.17, 15) is 4.79 Å². The first-order chi connectivity index (χ1) is 10.1. The molecule has 0 amide bonds. The van der Waals surface area contributed by atoms with Gasteiger partial charge in [-0.3, -0.25) is 9.69 Å². The molecule has 7 nitrogen and oxygen atoms in total. The monoisotopic (exact) mass is 315 g/mol. The van der Waals surface area contributed by atoms with Gasteiger partial charge in [0.1, 0.15) is 5.02 Å². The highest BCUT2D eigenvalue weighted by molar-refractivity contribution is 6.33. The number of halogens is 1. The van der Waals surface area contributed by atoms with Crippen LogP contribution in [0, 0.1) is 0 Å². The van der Waals surface area contributed by atoms with Crippen LogP contribution < -0.4 is 15.8 Å². The fraction of sp³-hybridized carbons (Fsp3) is 0.692. The topological polar surface area (TPSA) is 73.6 Å². The van der Waals surface area contributed by atoms with Crippen molar-refractivity contribution in [2.45, 2.75) is 6.54 Å². The third-order valence-electron chi connectivity index (χ3n) is 3.65. The Kier molecular flexibility index (Phi) is 5.98. The Morgan fingerprint density at radius 1 is 1.43 bits per heavy atom. The van der Waals surface area contributed by atoms with Gasteiger partial charge >= 0.3 is 0 Å². The number of aliphatic hydroxyl groups is 1. The number of nitrogens with zero attached hydrogens (tertiary/aromatic N) is 4. The fourth-order valence-corrected chi connectivity index (χ4v) is 2.61. The zero-order chi connectivity index (χ0) is 15.2. The van der Waals surface area contributed by atoms with Gasteiger partial charge < -0.3 is 15.3 Å². The molecular weight excluding hydrogens is 294 g/mol. The van der Waals surface area contributed by atoms with Crippen molar-refractivity contribution in [1.29, 1.82) is 0 Å². The Labute approximate surface area is 129 Å². The molecule has 0 spiro atoms. The first-order valence-electron chi connectivity index (χ1n) is 7.14. The lowest BCUT2D eigenvalue weighted by molar-refractivity contribution is 0.246. The molecule has 1 saturated heterocycles. The Balaban J connectivity index is 2.00. The molecule has 1 aromatic rings. The first-order valence-corrected chi connectivity index (χ1v) is 7.52. The van der Waals surface area contributed by atoms with Crippen molar-refractivity contribution < 1.29 is 5.11 Å². The number of hydrogen-bond donors (Lipinski definition) is 2. The number of hydrogen-bond acceptors (Lipinski definition) is 6. The number of rotatable bonds is 6. The van der Waals surface area contributed by atoms with E-state index < -0.39 is 0 Å².